The van der Waals surface area contributed by atoms with Crippen molar-refractivity contribution in [2.45, 2.75) is 84.2 Å². The second kappa shape index (κ2) is 9.45. The SMILES string of the molecule is CC(C)(C)[Si](C)(C)OCCN1CCCc2c1cnn(COCC[Si](C)(C)C)c2=O. The highest BCUT2D eigenvalue weighted by Gasteiger charge is 2.37. The highest BCUT2D eigenvalue weighted by molar-refractivity contribution is 6.76. The summed E-state index contributed by atoms with van der Waals surface area (Å²) in [4.78, 5) is 15.2. The molecule has 0 radical (unpaired) electrons. The molecule has 0 aromatic carbocycles. The van der Waals surface area contributed by atoms with Gasteiger partial charge in [0.15, 0.2) is 8.32 Å². The van der Waals surface area contributed by atoms with Gasteiger partial charge in [-0.3, -0.25) is 4.79 Å². The van der Waals surface area contributed by atoms with Crippen molar-refractivity contribution in [2.24, 2.45) is 0 Å². The zero-order valence-corrected chi connectivity index (χ0v) is 21.8. The minimum Gasteiger partial charge on any atom is -0.415 e. The molecule has 0 saturated carbocycles. The van der Waals surface area contributed by atoms with E-state index in [9.17, 15) is 4.79 Å². The highest BCUT2D eigenvalue weighted by Crippen LogP contribution is 2.36. The molecule has 0 N–H and O–H groups in total. The third-order valence-corrected chi connectivity index (χ3v) is 12.4. The summed E-state index contributed by atoms with van der Waals surface area (Å²) in [6, 6.07) is 1.09. The molecular formula is C21H41N3O3Si2. The molecule has 1 aromatic rings. The summed E-state index contributed by atoms with van der Waals surface area (Å²) < 4.78 is 13.5. The fraction of sp³-hybridized carbons (Fsp3) is 0.810. The van der Waals surface area contributed by atoms with Crippen molar-refractivity contribution in [2.75, 3.05) is 31.2 Å². The smallest absolute Gasteiger partial charge is 0.274 e. The van der Waals surface area contributed by atoms with Gasteiger partial charge in [-0.2, -0.15) is 5.10 Å². The van der Waals surface area contributed by atoms with E-state index in [-0.39, 0.29) is 17.3 Å². The Labute approximate surface area is 178 Å². The van der Waals surface area contributed by atoms with E-state index in [1.165, 1.54) is 4.68 Å². The Kier molecular flexibility index (Phi) is 7.92. The summed E-state index contributed by atoms with van der Waals surface area (Å²) >= 11 is 0. The highest BCUT2D eigenvalue weighted by atomic mass is 28.4. The van der Waals surface area contributed by atoms with Gasteiger partial charge in [0, 0.05) is 33.3 Å². The van der Waals surface area contributed by atoms with Crippen LogP contribution in [0.3, 0.4) is 0 Å². The van der Waals surface area contributed by atoms with Crippen LogP contribution in [-0.4, -0.2) is 52.5 Å². The van der Waals surface area contributed by atoms with Gasteiger partial charge in [-0.1, -0.05) is 40.4 Å². The van der Waals surface area contributed by atoms with Gasteiger partial charge in [0.2, 0.25) is 0 Å². The number of nitrogens with zero attached hydrogens (tertiary/aromatic N) is 3. The molecule has 1 aromatic heterocycles. The van der Waals surface area contributed by atoms with Gasteiger partial charge in [0.1, 0.15) is 6.73 Å². The summed E-state index contributed by atoms with van der Waals surface area (Å²) in [6.45, 7) is 21.7. The number of hydrogen-bond donors (Lipinski definition) is 0. The molecule has 6 nitrogen and oxygen atoms in total. The molecule has 0 aliphatic carbocycles. The number of aromatic nitrogens is 2. The van der Waals surface area contributed by atoms with Crippen LogP contribution in [0, 0.1) is 0 Å². The molecule has 0 bridgehead atoms. The number of anilines is 1. The molecule has 0 amide bonds. The quantitative estimate of drug-likeness (QED) is 0.423. The minimum atomic E-state index is -1.75. The number of hydrogen-bond acceptors (Lipinski definition) is 5. The number of rotatable bonds is 9. The van der Waals surface area contributed by atoms with Gasteiger partial charge < -0.3 is 14.1 Å². The summed E-state index contributed by atoms with van der Waals surface area (Å²) in [6.07, 6.45) is 3.64. The van der Waals surface area contributed by atoms with Gasteiger partial charge in [0.25, 0.3) is 5.56 Å². The Morgan fingerprint density at radius 3 is 2.45 bits per heavy atom. The first-order valence-corrected chi connectivity index (χ1v) is 17.5. The van der Waals surface area contributed by atoms with Crippen molar-refractivity contribution < 1.29 is 9.16 Å². The third-order valence-electron chi connectivity index (χ3n) is 6.16. The van der Waals surface area contributed by atoms with Crippen LogP contribution in [-0.2, 0) is 22.3 Å². The summed E-state index contributed by atoms with van der Waals surface area (Å²) in [5, 5.41) is 4.59. The van der Waals surface area contributed by atoms with Crippen molar-refractivity contribution in [1.29, 1.82) is 0 Å². The van der Waals surface area contributed by atoms with Crippen LogP contribution in [0.4, 0.5) is 5.69 Å². The average Bonchev–Trinajstić information content (AvgIpc) is 2.59. The maximum Gasteiger partial charge on any atom is 0.274 e. The normalized spacial score (nSPS) is 15.5. The molecule has 166 valence electrons. The summed E-state index contributed by atoms with van der Waals surface area (Å²) in [5.41, 5.74) is 1.83. The zero-order valence-electron chi connectivity index (χ0n) is 19.8. The van der Waals surface area contributed by atoms with Crippen molar-refractivity contribution in [3.63, 3.8) is 0 Å². The molecule has 0 unspecified atom stereocenters. The predicted octanol–water partition coefficient (Wildman–Crippen LogP) is 4.33. The van der Waals surface area contributed by atoms with E-state index in [2.05, 4.69) is 63.5 Å². The van der Waals surface area contributed by atoms with E-state index in [0.29, 0.717) is 13.2 Å². The first-order chi connectivity index (χ1) is 13.3. The molecule has 29 heavy (non-hydrogen) atoms. The van der Waals surface area contributed by atoms with E-state index in [4.69, 9.17) is 9.16 Å². The minimum absolute atomic E-state index is 0.00878. The molecular weight excluding hydrogens is 398 g/mol. The molecule has 0 saturated heterocycles. The van der Waals surface area contributed by atoms with E-state index in [0.717, 1.165) is 43.2 Å². The Bertz CT molecular complexity index is 736. The van der Waals surface area contributed by atoms with Gasteiger partial charge in [-0.05, 0) is 37.0 Å². The molecule has 1 aliphatic rings. The predicted molar refractivity (Wildman–Crippen MR) is 126 cm³/mol. The fourth-order valence-electron chi connectivity index (χ4n) is 3.08. The average molecular weight is 440 g/mol. The molecule has 2 rings (SSSR count). The lowest BCUT2D eigenvalue weighted by Gasteiger charge is -2.37. The summed E-state index contributed by atoms with van der Waals surface area (Å²) in [7, 11) is -2.88. The second-order valence-corrected chi connectivity index (χ2v) is 21.3. The second-order valence-electron chi connectivity index (χ2n) is 10.9. The van der Waals surface area contributed by atoms with Crippen LogP contribution in [0.15, 0.2) is 11.0 Å². The fourth-order valence-corrected chi connectivity index (χ4v) is 4.87. The van der Waals surface area contributed by atoms with Gasteiger partial charge >= 0.3 is 0 Å². The van der Waals surface area contributed by atoms with Crippen LogP contribution in [0.5, 0.6) is 0 Å². The van der Waals surface area contributed by atoms with Crippen molar-refractivity contribution in [3.05, 3.63) is 22.1 Å². The summed E-state index contributed by atoms with van der Waals surface area (Å²) in [5.74, 6) is 0. The van der Waals surface area contributed by atoms with Crippen LogP contribution in [0.25, 0.3) is 0 Å². The van der Waals surface area contributed by atoms with Crippen LogP contribution in [0.1, 0.15) is 32.8 Å². The first kappa shape index (κ1) is 24.3. The lowest BCUT2D eigenvalue weighted by molar-refractivity contribution is 0.0747. The standard InChI is InChI=1S/C21H41N3O3Si2/c1-21(2,3)29(7,8)27-13-12-23-11-9-10-18-19(23)16-22-24(20(18)25)17-26-14-15-28(4,5)6/h16H,9-15,17H2,1-8H3. The largest absolute Gasteiger partial charge is 0.415 e. The Hall–Kier alpha value is -0.966. The number of ether oxygens (including phenoxy) is 1. The van der Waals surface area contributed by atoms with Crippen LogP contribution < -0.4 is 10.5 Å². The Morgan fingerprint density at radius 1 is 1.14 bits per heavy atom. The van der Waals surface area contributed by atoms with Crippen molar-refractivity contribution in [1.82, 2.24) is 9.78 Å². The molecule has 8 heteroatoms. The Balaban J connectivity index is 1.99. The zero-order chi connectivity index (χ0) is 21.9. The van der Waals surface area contributed by atoms with Gasteiger partial charge in [-0.15, -0.1) is 0 Å². The first-order valence-electron chi connectivity index (χ1n) is 10.9. The molecule has 0 atom stereocenters. The molecule has 0 fully saturated rings. The van der Waals surface area contributed by atoms with Crippen LogP contribution >= 0.6 is 0 Å². The molecule has 0 spiro atoms. The van der Waals surface area contributed by atoms with E-state index >= 15 is 0 Å². The number of fused-ring (bicyclic) bond motifs is 1. The lowest BCUT2D eigenvalue weighted by Crippen LogP contribution is -2.44. The van der Waals surface area contributed by atoms with Crippen molar-refractivity contribution in [3.8, 4) is 0 Å². The topological polar surface area (TPSA) is 56.6 Å². The van der Waals surface area contributed by atoms with Gasteiger partial charge in [0.05, 0.1) is 18.5 Å². The monoisotopic (exact) mass is 439 g/mol. The van der Waals surface area contributed by atoms with E-state index < -0.39 is 16.4 Å². The van der Waals surface area contributed by atoms with Crippen molar-refractivity contribution >= 4 is 22.1 Å². The van der Waals surface area contributed by atoms with Crippen LogP contribution in [0.2, 0.25) is 43.8 Å². The van der Waals surface area contributed by atoms with E-state index in [1.807, 2.05) is 6.20 Å². The maximum atomic E-state index is 12.9. The maximum absolute atomic E-state index is 12.9. The van der Waals surface area contributed by atoms with E-state index in [1.54, 1.807) is 0 Å². The molecule has 2 heterocycles. The van der Waals surface area contributed by atoms with Gasteiger partial charge in [-0.25, -0.2) is 4.68 Å². The third kappa shape index (κ3) is 6.77. The molecule has 1 aliphatic heterocycles. The Morgan fingerprint density at radius 2 is 1.83 bits per heavy atom. The lowest BCUT2D eigenvalue weighted by atomic mass is 10.1.